The number of anilines is 1. The molecule has 0 radical (unpaired) electrons. The van der Waals surface area contributed by atoms with Crippen molar-refractivity contribution in [2.75, 3.05) is 5.32 Å². The Morgan fingerprint density at radius 1 is 1.03 bits per heavy atom. The molecule has 0 fully saturated rings. The Kier molecular flexibility index (Phi) is 6.63. The van der Waals surface area contributed by atoms with Crippen molar-refractivity contribution in [1.29, 1.82) is 0 Å². The molecule has 0 saturated heterocycles. The minimum atomic E-state index is -0.948. The van der Waals surface area contributed by atoms with Gasteiger partial charge in [0.2, 0.25) is 0 Å². The number of esters is 1. The fourth-order valence-corrected chi connectivity index (χ4v) is 3.66. The minimum absolute atomic E-state index is 0.00680. The second kappa shape index (κ2) is 9.20. The highest BCUT2D eigenvalue weighted by Crippen LogP contribution is 2.27. The Hall–Kier alpha value is -3.35. The van der Waals surface area contributed by atoms with Crippen LogP contribution in [0.25, 0.3) is 11.0 Å². The van der Waals surface area contributed by atoms with Crippen LogP contribution >= 0.6 is 0 Å². The lowest BCUT2D eigenvalue weighted by atomic mass is 9.98. The summed E-state index contributed by atoms with van der Waals surface area (Å²) in [4.78, 5) is 37.5. The number of hydrogen-bond acceptors (Lipinski definition) is 4. The molecule has 0 aliphatic carbocycles. The number of aryl methyl sites for hydroxylation is 3. The molecule has 0 bridgehead atoms. The molecule has 1 N–H and O–H groups in total. The van der Waals surface area contributed by atoms with Crippen LogP contribution in [-0.4, -0.2) is 27.1 Å². The largest absolute Gasteiger partial charge is 0.452 e. The Labute approximate surface area is 181 Å². The monoisotopic (exact) mass is 423 g/mol. The number of amides is 1. The van der Waals surface area contributed by atoms with Crippen molar-refractivity contribution < 1.29 is 14.3 Å². The fourth-order valence-electron chi connectivity index (χ4n) is 3.66. The van der Waals surface area contributed by atoms with Crippen LogP contribution in [0.4, 0.5) is 5.69 Å². The van der Waals surface area contributed by atoms with Crippen molar-refractivity contribution in [2.24, 2.45) is 7.05 Å². The first-order chi connectivity index (χ1) is 14.7. The van der Waals surface area contributed by atoms with Crippen LogP contribution in [0.5, 0.6) is 0 Å². The molecule has 0 spiro atoms. The highest BCUT2D eigenvalue weighted by molar-refractivity contribution is 5.96. The summed E-state index contributed by atoms with van der Waals surface area (Å²) < 4.78 is 8.42. The summed E-state index contributed by atoms with van der Waals surface area (Å²) in [5.74, 6) is -0.671. The third-order valence-electron chi connectivity index (χ3n) is 5.44. The number of carbonyl (C=O) groups is 2. The first-order valence-electron chi connectivity index (χ1n) is 10.4. The minimum Gasteiger partial charge on any atom is -0.452 e. The molecule has 3 rings (SSSR count). The van der Waals surface area contributed by atoms with Gasteiger partial charge < -0.3 is 10.1 Å². The molecule has 7 nitrogen and oxygen atoms in total. The highest BCUT2D eigenvalue weighted by atomic mass is 16.5. The van der Waals surface area contributed by atoms with Crippen molar-refractivity contribution in [3.8, 4) is 0 Å². The molecule has 1 unspecified atom stereocenters. The van der Waals surface area contributed by atoms with Gasteiger partial charge >= 0.3 is 11.7 Å². The van der Waals surface area contributed by atoms with Gasteiger partial charge in [-0.2, -0.15) is 0 Å². The maximum absolute atomic E-state index is 12.6. The zero-order valence-electron chi connectivity index (χ0n) is 18.6. The van der Waals surface area contributed by atoms with Gasteiger partial charge in [-0.15, -0.1) is 0 Å². The average molecular weight is 424 g/mol. The smallest absolute Gasteiger partial charge is 0.328 e. The molecule has 0 saturated carbocycles. The van der Waals surface area contributed by atoms with Gasteiger partial charge in [-0.25, -0.2) is 4.79 Å². The number of aromatic nitrogens is 2. The lowest BCUT2D eigenvalue weighted by Crippen LogP contribution is -2.31. The van der Waals surface area contributed by atoms with Crippen LogP contribution in [0.1, 0.15) is 44.2 Å². The molecule has 164 valence electrons. The molecular formula is C24H29N3O4. The summed E-state index contributed by atoms with van der Waals surface area (Å²) in [6.45, 7) is 7.78. The average Bonchev–Trinajstić information content (AvgIpc) is 2.98. The molecule has 1 aromatic heterocycles. The number of ether oxygens (including phenoxy) is 1. The van der Waals surface area contributed by atoms with Crippen LogP contribution in [0.2, 0.25) is 0 Å². The van der Waals surface area contributed by atoms with Gasteiger partial charge in [-0.1, -0.05) is 44.2 Å². The second-order valence-corrected chi connectivity index (χ2v) is 8.05. The van der Waals surface area contributed by atoms with Gasteiger partial charge in [-0.3, -0.25) is 18.7 Å². The van der Waals surface area contributed by atoms with Crippen molar-refractivity contribution >= 4 is 28.6 Å². The molecular weight excluding hydrogens is 394 g/mol. The van der Waals surface area contributed by atoms with Crippen LogP contribution in [0.15, 0.2) is 47.3 Å². The molecule has 1 atom stereocenters. The molecule has 1 amide bonds. The zero-order valence-corrected chi connectivity index (χ0v) is 18.6. The third-order valence-corrected chi connectivity index (χ3v) is 5.44. The van der Waals surface area contributed by atoms with Crippen molar-refractivity contribution in [3.63, 3.8) is 0 Å². The predicted molar refractivity (Wildman–Crippen MR) is 121 cm³/mol. The topological polar surface area (TPSA) is 82.3 Å². The normalized spacial score (nSPS) is 12.2. The zero-order chi connectivity index (χ0) is 22.7. The Morgan fingerprint density at radius 3 is 2.39 bits per heavy atom. The quantitative estimate of drug-likeness (QED) is 0.587. The number of nitrogens with one attached hydrogen (secondary N) is 1. The van der Waals surface area contributed by atoms with Gasteiger partial charge in [0.1, 0.15) is 0 Å². The summed E-state index contributed by atoms with van der Waals surface area (Å²) in [6, 6.07) is 13.3. The summed E-state index contributed by atoms with van der Waals surface area (Å²) in [6.07, 6.45) is -0.955. The second-order valence-electron chi connectivity index (χ2n) is 8.05. The van der Waals surface area contributed by atoms with E-state index in [0.29, 0.717) is 0 Å². The number of imidazole rings is 1. The SMILES string of the molecule is Cc1cccc(C(C)C)c1NC(=O)C(C)OC(=O)CCn1c(=O)n(C)c2ccccc21. The third kappa shape index (κ3) is 4.71. The summed E-state index contributed by atoms with van der Waals surface area (Å²) >= 11 is 0. The van der Waals surface area contributed by atoms with Gasteiger partial charge in [0.25, 0.3) is 5.91 Å². The van der Waals surface area contributed by atoms with E-state index >= 15 is 0 Å². The standard InChI is InChI=1S/C24H29N3O4/c1-15(2)18-10-8-9-16(3)22(18)25-23(29)17(4)31-21(28)13-14-27-20-12-7-6-11-19(20)26(5)24(27)30/h6-12,15,17H,13-14H2,1-5H3,(H,25,29). The molecule has 2 aromatic carbocycles. The van der Waals surface area contributed by atoms with Gasteiger partial charge in [0.15, 0.2) is 6.10 Å². The Balaban J connectivity index is 1.64. The van der Waals surface area contributed by atoms with Crippen LogP contribution in [-0.2, 0) is 27.9 Å². The van der Waals surface area contributed by atoms with Crippen LogP contribution in [0.3, 0.4) is 0 Å². The van der Waals surface area contributed by atoms with Crippen LogP contribution < -0.4 is 11.0 Å². The number of nitrogens with zero attached hydrogens (tertiary/aromatic N) is 2. The molecule has 0 aliphatic heterocycles. The molecule has 0 aliphatic rings. The van der Waals surface area contributed by atoms with Gasteiger partial charge in [-0.05, 0) is 43.0 Å². The van der Waals surface area contributed by atoms with E-state index in [-0.39, 0.29) is 30.5 Å². The summed E-state index contributed by atoms with van der Waals surface area (Å²) in [5.41, 5.74) is 4.10. The summed E-state index contributed by atoms with van der Waals surface area (Å²) in [5, 5.41) is 2.90. The molecule has 7 heteroatoms. The van der Waals surface area contributed by atoms with E-state index in [0.717, 1.165) is 27.8 Å². The first kappa shape index (κ1) is 22.3. The van der Waals surface area contributed by atoms with Crippen molar-refractivity contribution in [2.45, 2.75) is 52.7 Å². The van der Waals surface area contributed by atoms with Crippen molar-refractivity contribution in [3.05, 3.63) is 64.1 Å². The number of carbonyl (C=O) groups excluding carboxylic acids is 2. The van der Waals surface area contributed by atoms with Gasteiger partial charge in [0, 0.05) is 19.3 Å². The van der Waals surface area contributed by atoms with E-state index in [9.17, 15) is 14.4 Å². The number of hydrogen-bond donors (Lipinski definition) is 1. The maximum Gasteiger partial charge on any atom is 0.328 e. The number of benzene rings is 2. The molecule has 3 aromatic rings. The van der Waals surface area contributed by atoms with Crippen molar-refractivity contribution in [1.82, 2.24) is 9.13 Å². The van der Waals surface area contributed by atoms with E-state index in [1.165, 1.54) is 0 Å². The Bertz CT molecular complexity index is 1170. The fraction of sp³-hybridized carbons (Fsp3) is 0.375. The van der Waals surface area contributed by atoms with E-state index in [4.69, 9.17) is 4.74 Å². The van der Waals surface area contributed by atoms with E-state index in [1.54, 1.807) is 23.1 Å². The number of fused-ring (bicyclic) bond motifs is 1. The van der Waals surface area contributed by atoms with E-state index in [2.05, 4.69) is 19.2 Å². The first-order valence-corrected chi connectivity index (χ1v) is 10.4. The van der Waals surface area contributed by atoms with Crippen LogP contribution in [0, 0.1) is 6.92 Å². The van der Waals surface area contributed by atoms with E-state index in [1.807, 2.05) is 49.4 Å². The Morgan fingerprint density at radius 2 is 1.71 bits per heavy atom. The maximum atomic E-state index is 12.6. The van der Waals surface area contributed by atoms with E-state index < -0.39 is 12.1 Å². The lowest BCUT2D eigenvalue weighted by Gasteiger charge is -2.19. The lowest BCUT2D eigenvalue weighted by molar-refractivity contribution is -0.153. The molecule has 1 heterocycles. The summed E-state index contributed by atoms with van der Waals surface area (Å²) in [7, 11) is 1.70. The number of rotatable bonds is 7. The van der Waals surface area contributed by atoms with Gasteiger partial charge in [0.05, 0.1) is 17.5 Å². The highest BCUT2D eigenvalue weighted by Gasteiger charge is 2.21. The molecule has 31 heavy (non-hydrogen) atoms. The number of para-hydroxylation sites is 3. The predicted octanol–water partition coefficient (Wildman–Crippen LogP) is 3.73.